The molecule has 19 heavy (non-hydrogen) atoms. The zero-order valence-electron chi connectivity index (χ0n) is 10.7. The average molecular weight is 270 g/mol. The standard InChI is InChI=1S/C14H14N4S/c1-9-3-2-4-10(7-9)13-16-14-18(17-13)11-5-6-15-8-12(11)19-14/h2-4,7,15H,5-6,8H2,1H3. The molecular formula is C14H14N4S. The molecule has 0 fully saturated rings. The van der Waals surface area contributed by atoms with Crippen molar-refractivity contribution in [3.05, 3.63) is 40.4 Å². The lowest BCUT2D eigenvalue weighted by Crippen LogP contribution is -2.23. The van der Waals surface area contributed by atoms with Gasteiger partial charge in [-0.2, -0.15) is 4.98 Å². The maximum Gasteiger partial charge on any atom is 0.213 e. The van der Waals surface area contributed by atoms with Gasteiger partial charge in [-0.3, -0.25) is 0 Å². The molecule has 1 aliphatic heterocycles. The van der Waals surface area contributed by atoms with Gasteiger partial charge in [0.25, 0.3) is 0 Å². The topological polar surface area (TPSA) is 42.2 Å². The molecular weight excluding hydrogens is 256 g/mol. The van der Waals surface area contributed by atoms with Gasteiger partial charge in [0.15, 0.2) is 5.82 Å². The number of thiazole rings is 1. The fourth-order valence-corrected chi connectivity index (χ4v) is 3.60. The van der Waals surface area contributed by atoms with Crippen LogP contribution >= 0.6 is 11.3 Å². The van der Waals surface area contributed by atoms with Crippen LogP contribution in [0.2, 0.25) is 0 Å². The minimum absolute atomic E-state index is 0.830. The van der Waals surface area contributed by atoms with Crippen LogP contribution in [0.3, 0.4) is 0 Å². The number of benzene rings is 1. The second-order valence-electron chi connectivity index (χ2n) is 4.90. The SMILES string of the molecule is Cc1cccc(-c2nc3sc4c(n3n2)CCNC4)c1. The lowest BCUT2D eigenvalue weighted by Gasteiger charge is -2.11. The number of rotatable bonds is 1. The van der Waals surface area contributed by atoms with Crippen molar-refractivity contribution in [3.8, 4) is 11.4 Å². The third-order valence-electron chi connectivity index (χ3n) is 3.47. The van der Waals surface area contributed by atoms with Crippen molar-refractivity contribution >= 4 is 16.3 Å². The Labute approximate surface area is 115 Å². The number of fused-ring (bicyclic) bond motifs is 3. The van der Waals surface area contributed by atoms with Gasteiger partial charge in [0.2, 0.25) is 4.96 Å². The maximum absolute atomic E-state index is 4.69. The van der Waals surface area contributed by atoms with Crippen LogP contribution in [0, 0.1) is 6.92 Å². The molecule has 0 radical (unpaired) electrons. The minimum Gasteiger partial charge on any atom is -0.311 e. The summed E-state index contributed by atoms with van der Waals surface area (Å²) in [6, 6.07) is 8.35. The van der Waals surface area contributed by atoms with Gasteiger partial charge in [-0.1, -0.05) is 35.1 Å². The molecule has 5 heteroatoms. The molecule has 0 spiro atoms. The monoisotopic (exact) mass is 270 g/mol. The van der Waals surface area contributed by atoms with Crippen molar-refractivity contribution in [3.63, 3.8) is 0 Å². The van der Waals surface area contributed by atoms with Gasteiger partial charge in [0.05, 0.1) is 5.69 Å². The van der Waals surface area contributed by atoms with Crippen molar-refractivity contribution in [1.29, 1.82) is 0 Å². The van der Waals surface area contributed by atoms with Crippen LogP contribution in [0.5, 0.6) is 0 Å². The Kier molecular flexibility index (Phi) is 2.43. The summed E-state index contributed by atoms with van der Waals surface area (Å²) < 4.78 is 2.03. The molecule has 0 amide bonds. The summed E-state index contributed by atoms with van der Waals surface area (Å²) in [4.78, 5) is 7.05. The van der Waals surface area contributed by atoms with E-state index in [1.807, 2.05) is 4.52 Å². The van der Waals surface area contributed by atoms with E-state index in [-0.39, 0.29) is 0 Å². The highest BCUT2D eigenvalue weighted by molar-refractivity contribution is 7.17. The van der Waals surface area contributed by atoms with Crippen LogP contribution in [0.25, 0.3) is 16.3 Å². The van der Waals surface area contributed by atoms with E-state index in [0.717, 1.165) is 35.9 Å². The second-order valence-corrected chi connectivity index (χ2v) is 5.96. The largest absolute Gasteiger partial charge is 0.311 e. The van der Waals surface area contributed by atoms with E-state index < -0.39 is 0 Å². The van der Waals surface area contributed by atoms with Gasteiger partial charge in [-0.25, -0.2) is 4.52 Å². The number of aromatic nitrogens is 3. The van der Waals surface area contributed by atoms with Crippen molar-refractivity contribution in [1.82, 2.24) is 19.9 Å². The van der Waals surface area contributed by atoms with Crippen LogP contribution < -0.4 is 5.32 Å². The lowest BCUT2D eigenvalue weighted by molar-refractivity contribution is 0.629. The van der Waals surface area contributed by atoms with E-state index in [4.69, 9.17) is 0 Å². The van der Waals surface area contributed by atoms with Gasteiger partial charge in [0.1, 0.15) is 0 Å². The third kappa shape index (κ3) is 1.77. The first kappa shape index (κ1) is 11.1. The summed E-state index contributed by atoms with van der Waals surface area (Å²) in [5.41, 5.74) is 3.66. The van der Waals surface area contributed by atoms with E-state index in [9.17, 15) is 0 Å². The van der Waals surface area contributed by atoms with E-state index in [1.165, 1.54) is 16.1 Å². The van der Waals surface area contributed by atoms with E-state index in [2.05, 4.69) is 46.6 Å². The number of nitrogens with one attached hydrogen (secondary N) is 1. The Balaban J connectivity index is 1.86. The Morgan fingerprint density at radius 3 is 3.21 bits per heavy atom. The van der Waals surface area contributed by atoms with Crippen LogP contribution in [0.1, 0.15) is 16.1 Å². The molecule has 0 bridgehead atoms. The zero-order chi connectivity index (χ0) is 12.8. The van der Waals surface area contributed by atoms with E-state index in [1.54, 1.807) is 11.3 Å². The first-order valence-corrected chi connectivity index (χ1v) is 7.28. The van der Waals surface area contributed by atoms with Crippen LogP contribution in [0.4, 0.5) is 0 Å². The first-order valence-electron chi connectivity index (χ1n) is 6.46. The molecule has 4 rings (SSSR count). The van der Waals surface area contributed by atoms with Gasteiger partial charge in [0, 0.05) is 30.0 Å². The molecule has 1 aliphatic rings. The number of aryl methyl sites for hydroxylation is 1. The van der Waals surface area contributed by atoms with Gasteiger partial charge in [-0.05, 0) is 13.0 Å². The van der Waals surface area contributed by atoms with Crippen molar-refractivity contribution < 1.29 is 0 Å². The van der Waals surface area contributed by atoms with Crippen LogP contribution in [0.15, 0.2) is 24.3 Å². The highest BCUT2D eigenvalue weighted by Crippen LogP contribution is 2.27. The summed E-state index contributed by atoms with van der Waals surface area (Å²) in [5.74, 6) is 0.830. The molecule has 2 aromatic heterocycles. The summed E-state index contributed by atoms with van der Waals surface area (Å²) in [5, 5.41) is 8.07. The molecule has 96 valence electrons. The normalized spacial score (nSPS) is 14.8. The fourth-order valence-electron chi connectivity index (χ4n) is 2.53. The molecule has 1 aromatic carbocycles. The van der Waals surface area contributed by atoms with E-state index in [0.29, 0.717) is 0 Å². The Hall–Kier alpha value is -1.72. The highest BCUT2D eigenvalue weighted by atomic mass is 32.1. The minimum atomic E-state index is 0.830. The summed E-state index contributed by atoms with van der Waals surface area (Å²) in [6.45, 7) is 4.07. The van der Waals surface area contributed by atoms with Crippen molar-refractivity contribution in [2.75, 3.05) is 6.54 Å². The first-order chi connectivity index (χ1) is 9.31. The molecule has 0 saturated heterocycles. The maximum atomic E-state index is 4.69. The Morgan fingerprint density at radius 1 is 1.37 bits per heavy atom. The van der Waals surface area contributed by atoms with Crippen molar-refractivity contribution in [2.45, 2.75) is 19.9 Å². The smallest absolute Gasteiger partial charge is 0.213 e. The summed E-state index contributed by atoms with van der Waals surface area (Å²) >= 11 is 1.75. The van der Waals surface area contributed by atoms with Gasteiger partial charge < -0.3 is 5.32 Å². The predicted octanol–water partition coefficient (Wildman–Crippen LogP) is 2.41. The Bertz CT molecular complexity index is 756. The highest BCUT2D eigenvalue weighted by Gasteiger charge is 2.19. The predicted molar refractivity (Wildman–Crippen MR) is 76.4 cm³/mol. The number of hydrogen-bond acceptors (Lipinski definition) is 4. The van der Waals surface area contributed by atoms with Crippen LogP contribution in [-0.4, -0.2) is 21.1 Å². The van der Waals surface area contributed by atoms with Gasteiger partial charge in [-0.15, -0.1) is 5.10 Å². The molecule has 0 aliphatic carbocycles. The number of hydrogen-bond donors (Lipinski definition) is 1. The summed E-state index contributed by atoms with van der Waals surface area (Å²) in [7, 11) is 0. The molecule has 4 nitrogen and oxygen atoms in total. The second kappa shape index (κ2) is 4.15. The molecule has 0 saturated carbocycles. The van der Waals surface area contributed by atoms with E-state index >= 15 is 0 Å². The Morgan fingerprint density at radius 2 is 2.32 bits per heavy atom. The third-order valence-corrected chi connectivity index (χ3v) is 4.54. The molecule has 0 unspecified atom stereocenters. The van der Waals surface area contributed by atoms with Crippen LogP contribution in [-0.2, 0) is 13.0 Å². The molecule has 3 aromatic rings. The van der Waals surface area contributed by atoms with Crippen molar-refractivity contribution in [2.24, 2.45) is 0 Å². The lowest BCUT2D eigenvalue weighted by atomic mass is 10.1. The summed E-state index contributed by atoms with van der Waals surface area (Å²) in [6.07, 6.45) is 1.03. The molecule has 3 heterocycles. The zero-order valence-corrected chi connectivity index (χ0v) is 11.5. The van der Waals surface area contributed by atoms with Gasteiger partial charge >= 0.3 is 0 Å². The molecule has 0 atom stereocenters. The molecule has 1 N–H and O–H groups in total. The number of nitrogens with zero attached hydrogens (tertiary/aromatic N) is 3. The average Bonchev–Trinajstić information content (AvgIpc) is 2.96. The fraction of sp³-hybridized carbons (Fsp3) is 0.286. The quantitative estimate of drug-likeness (QED) is 0.738.